The fourth-order valence-corrected chi connectivity index (χ4v) is 5.41. The number of fused-ring (bicyclic) bond motifs is 2. The number of anilines is 1. The highest BCUT2D eigenvalue weighted by Gasteiger charge is 2.47. The second-order valence-electron chi connectivity index (χ2n) is 9.25. The van der Waals surface area contributed by atoms with E-state index in [0.29, 0.717) is 4.70 Å². The van der Waals surface area contributed by atoms with E-state index in [1.807, 2.05) is 0 Å². The van der Waals surface area contributed by atoms with Crippen molar-refractivity contribution in [1.82, 2.24) is 14.9 Å². The number of ether oxygens (including phenoxy) is 2. The molecule has 16 heteroatoms. The van der Waals surface area contributed by atoms with E-state index in [2.05, 4.69) is 24.8 Å². The molecule has 3 atom stereocenters. The van der Waals surface area contributed by atoms with E-state index in [1.165, 1.54) is 24.0 Å². The minimum Gasteiger partial charge on any atom is -0.395 e. The minimum atomic E-state index is -3.78. The van der Waals surface area contributed by atoms with Crippen LogP contribution in [-0.4, -0.2) is 58.5 Å². The zero-order valence-corrected chi connectivity index (χ0v) is 20.8. The molecule has 4 N–H and O–H groups in total. The maximum Gasteiger partial charge on any atom is 0.586 e. The number of halogens is 6. The van der Waals surface area contributed by atoms with Crippen LogP contribution in [0.5, 0.6) is 11.5 Å². The Bertz CT molecular complexity index is 1440. The Balaban J connectivity index is 1.32. The van der Waals surface area contributed by atoms with Crippen LogP contribution in [0.15, 0.2) is 29.2 Å². The molecule has 0 spiro atoms. The Labute approximate surface area is 219 Å². The number of nitrogens with one attached hydrogen (secondary N) is 2. The molecule has 210 valence electrons. The van der Waals surface area contributed by atoms with Crippen molar-refractivity contribution in [3.63, 3.8) is 0 Å². The summed E-state index contributed by atoms with van der Waals surface area (Å²) in [5.41, 5.74) is 4.17. The predicted molar refractivity (Wildman–Crippen MR) is 128 cm³/mol. The maximum absolute atomic E-state index is 14.9. The largest absolute Gasteiger partial charge is 0.586 e. The van der Waals surface area contributed by atoms with E-state index >= 15 is 0 Å². The number of nitrogens with two attached hydrogens (primary N) is 1. The average molecular weight is 578 g/mol. The van der Waals surface area contributed by atoms with Gasteiger partial charge in [-0.15, -0.1) is 8.78 Å². The number of thiazole rings is 1. The van der Waals surface area contributed by atoms with E-state index in [-0.39, 0.29) is 40.8 Å². The van der Waals surface area contributed by atoms with Crippen LogP contribution in [-0.2, 0) is 4.79 Å². The van der Waals surface area contributed by atoms with Gasteiger partial charge in [0.25, 0.3) is 17.9 Å². The molecule has 5 rings (SSSR count). The van der Waals surface area contributed by atoms with Crippen LogP contribution in [0.3, 0.4) is 0 Å². The summed E-state index contributed by atoms with van der Waals surface area (Å²) in [7, 11) is 0. The summed E-state index contributed by atoms with van der Waals surface area (Å²) < 4.78 is 91.8. The van der Waals surface area contributed by atoms with Gasteiger partial charge in [-0.2, -0.15) is 0 Å². The van der Waals surface area contributed by atoms with E-state index in [1.54, 1.807) is 0 Å². The number of pyridine rings is 1. The van der Waals surface area contributed by atoms with Gasteiger partial charge in [0.2, 0.25) is 5.91 Å². The van der Waals surface area contributed by atoms with E-state index in [0.717, 1.165) is 23.6 Å². The lowest BCUT2D eigenvalue weighted by Gasteiger charge is -2.40. The molecule has 1 fully saturated rings. The fourth-order valence-electron chi connectivity index (χ4n) is 4.53. The Morgan fingerprint density at radius 3 is 2.62 bits per heavy atom. The first-order chi connectivity index (χ1) is 18.2. The molecule has 0 saturated carbocycles. The molecule has 2 aliphatic heterocycles. The number of H-pyrrole nitrogens is 1. The number of alkyl halides is 6. The van der Waals surface area contributed by atoms with Gasteiger partial charge < -0.3 is 25.5 Å². The second-order valence-corrected chi connectivity index (χ2v) is 10.3. The number of aromatic nitrogens is 2. The molecule has 0 aliphatic carbocycles. The summed E-state index contributed by atoms with van der Waals surface area (Å²) in [5, 5.41) is 2.74. The number of nitrogens with zero attached hydrogens (tertiary/aromatic N) is 2. The van der Waals surface area contributed by atoms with E-state index in [4.69, 9.17) is 5.73 Å². The summed E-state index contributed by atoms with van der Waals surface area (Å²) in [6.45, 7) is 1.05. The van der Waals surface area contributed by atoms with E-state index < -0.39 is 60.1 Å². The number of benzene rings is 1. The summed E-state index contributed by atoms with van der Waals surface area (Å²) >= 11 is 0.992. The molecule has 4 heterocycles. The second kappa shape index (κ2) is 9.67. The lowest BCUT2D eigenvalue weighted by atomic mass is 9.86. The molecular weight excluding hydrogens is 556 g/mol. The molecule has 2 aliphatic rings. The molecule has 39 heavy (non-hydrogen) atoms. The Morgan fingerprint density at radius 2 is 1.92 bits per heavy atom. The fraction of sp³-hybridized carbons (Fsp3) is 0.435. The third-order valence-corrected chi connectivity index (χ3v) is 7.65. The number of rotatable bonds is 6. The summed E-state index contributed by atoms with van der Waals surface area (Å²) in [6.07, 6.45) is -6.44. The first-order valence-corrected chi connectivity index (χ1v) is 12.4. The van der Waals surface area contributed by atoms with Crippen LogP contribution < -0.4 is 26.1 Å². The van der Waals surface area contributed by atoms with Crippen LogP contribution >= 0.6 is 11.3 Å². The van der Waals surface area contributed by atoms with Gasteiger partial charge in [-0.3, -0.25) is 14.5 Å². The molecule has 1 saturated heterocycles. The van der Waals surface area contributed by atoms with Gasteiger partial charge in [-0.25, -0.2) is 22.5 Å². The number of hydrogen-bond donors (Lipinski definition) is 3. The van der Waals surface area contributed by atoms with Gasteiger partial charge in [0, 0.05) is 43.4 Å². The number of carbonyl (C=O) groups is 1. The summed E-state index contributed by atoms with van der Waals surface area (Å²) in [4.78, 5) is 32.9. The number of carbonyl (C=O) groups excluding carboxylic acids is 1. The quantitative estimate of drug-likeness (QED) is 0.379. The average Bonchev–Trinajstić information content (AvgIpc) is 3.38. The van der Waals surface area contributed by atoms with Crippen LogP contribution in [0.4, 0.5) is 31.5 Å². The highest BCUT2D eigenvalue weighted by Crippen LogP contribution is 2.45. The van der Waals surface area contributed by atoms with Gasteiger partial charge >= 0.3 is 6.29 Å². The van der Waals surface area contributed by atoms with Crippen molar-refractivity contribution >= 4 is 32.6 Å². The van der Waals surface area contributed by atoms with E-state index in [9.17, 15) is 35.9 Å². The van der Waals surface area contributed by atoms with Crippen molar-refractivity contribution in [2.24, 2.45) is 5.73 Å². The van der Waals surface area contributed by atoms with Gasteiger partial charge in [0.1, 0.15) is 0 Å². The van der Waals surface area contributed by atoms with Crippen LogP contribution in [0, 0.1) is 0 Å². The van der Waals surface area contributed by atoms with Crippen LogP contribution in [0.1, 0.15) is 36.4 Å². The van der Waals surface area contributed by atoms with Gasteiger partial charge in [0.05, 0.1) is 28.2 Å². The number of amides is 1. The lowest BCUT2D eigenvalue weighted by Crippen LogP contribution is -2.52. The first-order valence-electron chi connectivity index (χ1n) is 11.6. The van der Waals surface area contributed by atoms with Gasteiger partial charge in [0.15, 0.2) is 16.6 Å². The normalized spacial score (nSPS) is 21.7. The summed E-state index contributed by atoms with van der Waals surface area (Å²) in [5.74, 6) is -5.70. The third-order valence-electron chi connectivity index (χ3n) is 6.72. The maximum atomic E-state index is 14.9. The lowest BCUT2D eigenvalue weighted by molar-refractivity contribution is -0.286. The molecular formula is C23H21F6N5O4S. The van der Waals surface area contributed by atoms with Crippen molar-refractivity contribution in [3.05, 3.63) is 45.9 Å². The third kappa shape index (κ3) is 5.27. The van der Waals surface area contributed by atoms with Crippen molar-refractivity contribution in [2.45, 2.75) is 50.0 Å². The topological polar surface area (TPSA) is 123 Å². The molecule has 9 nitrogen and oxygen atoms in total. The molecule has 0 bridgehead atoms. The Kier molecular flexibility index (Phi) is 6.75. The molecule has 3 aromatic rings. The highest BCUT2D eigenvalue weighted by atomic mass is 32.1. The standard InChI is InChI=1S/C23H21F6N5O4S/c1-9(19(35)33-21-32-13-5-14-15(6-16(13)39-21)38-23(28,29)37-14)34-3-2-22(26,27)12(8-34)10-4-11(17(30)18(24)25)20(36)31-7-10/h4-7,9,12,17-18H,2-3,8,30H2,1H3,(H,31,36)(H,32,33,35)/t9-,12-,17-/m0/s1. The molecule has 2 aromatic heterocycles. The smallest absolute Gasteiger partial charge is 0.395 e. The Morgan fingerprint density at radius 1 is 1.23 bits per heavy atom. The van der Waals surface area contributed by atoms with Crippen LogP contribution in [0.25, 0.3) is 10.2 Å². The minimum absolute atomic E-state index is 0.0859. The zero-order chi connectivity index (χ0) is 28.3. The molecule has 1 amide bonds. The van der Waals surface area contributed by atoms with Crippen molar-refractivity contribution in [2.75, 3.05) is 18.4 Å². The van der Waals surface area contributed by atoms with Crippen LogP contribution in [0.2, 0.25) is 0 Å². The zero-order valence-electron chi connectivity index (χ0n) is 20.0. The first kappa shape index (κ1) is 27.2. The SMILES string of the molecule is C[C@@H](C(=O)Nc1nc2cc3c(cc2s1)OC(F)(F)O3)N1CCC(F)(F)[C@H](c2c[nH]c(=O)c([C@H](N)C(F)F)c2)C1. The number of aromatic amines is 1. The molecule has 0 unspecified atom stereocenters. The van der Waals surface area contributed by atoms with Gasteiger partial charge in [-0.1, -0.05) is 11.3 Å². The highest BCUT2D eigenvalue weighted by molar-refractivity contribution is 7.22. The number of likely N-dealkylation sites (tertiary alicyclic amines) is 1. The predicted octanol–water partition coefficient (Wildman–Crippen LogP) is 4.02. The van der Waals surface area contributed by atoms with Crippen molar-refractivity contribution in [1.29, 1.82) is 0 Å². The summed E-state index contributed by atoms with van der Waals surface area (Å²) in [6, 6.07) is 0.659. The molecule has 1 aromatic carbocycles. The monoisotopic (exact) mass is 577 g/mol. The molecule has 0 radical (unpaired) electrons. The number of piperidine rings is 1. The van der Waals surface area contributed by atoms with Gasteiger partial charge in [-0.05, 0) is 18.6 Å². The van der Waals surface area contributed by atoms with Crippen molar-refractivity contribution < 1.29 is 40.6 Å². The van der Waals surface area contributed by atoms with Crippen molar-refractivity contribution in [3.8, 4) is 11.5 Å². The number of hydrogen-bond acceptors (Lipinski definition) is 8. The Hall–Kier alpha value is -3.37.